The molecule has 0 radical (unpaired) electrons. The summed E-state index contributed by atoms with van der Waals surface area (Å²) in [6.07, 6.45) is 1.59. The lowest BCUT2D eigenvalue weighted by Crippen LogP contribution is -2.13. The molecule has 0 aliphatic rings. The number of nitrogens with zero attached hydrogens (tertiary/aromatic N) is 1. The van der Waals surface area contributed by atoms with E-state index in [4.69, 9.17) is 14.6 Å². The van der Waals surface area contributed by atoms with Crippen LogP contribution >= 0.6 is 0 Å². The Morgan fingerprint density at radius 2 is 1.59 bits per heavy atom. The predicted octanol–water partition coefficient (Wildman–Crippen LogP) is 5.75. The first-order valence-corrected chi connectivity index (χ1v) is 10.9. The van der Waals surface area contributed by atoms with E-state index in [1.54, 1.807) is 48.7 Å². The van der Waals surface area contributed by atoms with Crippen LogP contribution in [-0.2, 0) is 5.41 Å². The Balaban J connectivity index is 1.70. The Morgan fingerprint density at radius 3 is 2.18 bits per heavy atom. The lowest BCUT2D eigenvalue weighted by molar-refractivity contribution is 0.0694. The van der Waals surface area contributed by atoms with Crippen molar-refractivity contribution >= 4 is 23.8 Å². The van der Waals surface area contributed by atoms with E-state index >= 15 is 0 Å². The van der Waals surface area contributed by atoms with E-state index < -0.39 is 11.9 Å². The Morgan fingerprint density at radius 1 is 0.941 bits per heavy atom. The van der Waals surface area contributed by atoms with E-state index in [0.717, 1.165) is 11.1 Å². The highest BCUT2D eigenvalue weighted by atomic mass is 16.6. The van der Waals surface area contributed by atoms with Gasteiger partial charge in [0, 0.05) is 0 Å². The van der Waals surface area contributed by atoms with Crippen LogP contribution in [0.5, 0.6) is 11.5 Å². The first-order valence-electron chi connectivity index (χ1n) is 10.9. The lowest BCUT2D eigenvalue weighted by Gasteiger charge is -2.19. The molecule has 0 saturated heterocycles. The molecule has 3 rings (SSSR count). The number of aromatic carboxylic acids is 1. The molecule has 7 heteroatoms. The number of nitrogens with one attached hydrogen (secondary N) is 1. The largest absolute Gasteiger partial charge is 0.490 e. The van der Waals surface area contributed by atoms with Gasteiger partial charge < -0.3 is 14.6 Å². The molecule has 0 atom stereocenters. The van der Waals surface area contributed by atoms with Crippen LogP contribution in [-0.4, -0.2) is 29.9 Å². The highest BCUT2D eigenvalue weighted by molar-refractivity contribution is 5.92. The summed E-state index contributed by atoms with van der Waals surface area (Å²) in [7, 11) is 0. The maximum atomic E-state index is 12.7. The Bertz CT molecular complexity index is 1180. The zero-order chi connectivity index (χ0) is 24.7. The van der Waals surface area contributed by atoms with Crippen LogP contribution in [0.15, 0.2) is 71.8 Å². The summed E-state index contributed by atoms with van der Waals surface area (Å²) in [5, 5.41) is 13.1. The van der Waals surface area contributed by atoms with Crippen LogP contribution in [0.1, 0.15) is 59.5 Å². The summed E-state index contributed by atoms with van der Waals surface area (Å²) in [6.45, 7) is 8.60. The van der Waals surface area contributed by atoms with Crippen LogP contribution in [0, 0.1) is 0 Å². The van der Waals surface area contributed by atoms with Gasteiger partial charge in [0.15, 0.2) is 11.5 Å². The summed E-state index contributed by atoms with van der Waals surface area (Å²) in [5.74, 6) is -0.700. The van der Waals surface area contributed by atoms with E-state index in [0.29, 0.717) is 29.4 Å². The molecule has 0 spiro atoms. The molecule has 7 nitrogen and oxygen atoms in total. The van der Waals surface area contributed by atoms with Gasteiger partial charge in [-0.05, 0) is 78.1 Å². The Kier molecular flexibility index (Phi) is 7.68. The third kappa shape index (κ3) is 6.45. The highest BCUT2D eigenvalue weighted by Crippen LogP contribution is 2.29. The van der Waals surface area contributed by atoms with Crippen molar-refractivity contribution in [2.75, 3.05) is 12.0 Å². The number of ether oxygens (including phenoxy) is 2. The first-order chi connectivity index (χ1) is 16.2. The number of hydrogen-bond acceptors (Lipinski definition) is 6. The number of esters is 1. The van der Waals surface area contributed by atoms with E-state index in [-0.39, 0.29) is 11.0 Å². The van der Waals surface area contributed by atoms with Crippen molar-refractivity contribution < 1.29 is 24.2 Å². The summed E-state index contributed by atoms with van der Waals surface area (Å²) in [4.78, 5) is 23.6. The number of anilines is 1. The molecule has 0 amide bonds. The van der Waals surface area contributed by atoms with Crippen molar-refractivity contribution in [2.45, 2.75) is 33.1 Å². The molecule has 34 heavy (non-hydrogen) atoms. The molecule has 3 aromatic carbocycles. The molecule has 0 saturated carbocycles. The molecule has 3 aromatic rings. The number of carboxylic acids is 1. The smallest absolute Gasteiger partial charge is 0.343 e. The van der Waals surface area contributed by atoms with Crippen molar-refractivity contribution in [2.24, 2.45) is 5.10 Å². The first kappa shape index (κ1) is 24.5. The van der Waals surface area contributed by atoms with Crippen LogP contribution in [0.25, 0.3) is 0 Å². The van der Waals surface area contributed by atoms with Gasteiger partial charge in [-0.15, -0.1) is 0 Å². The van der Waals surface area contributed by atoms with Crippen LogP contribution in [0.4, 0.5) is 5.69 Å². The molecule has 0 aliphatic carbocycles. The van der Waals surface area contributed by atoms with E-state index in [1.165, 1.54) is 12.1 Å². The van der Waals surface area contributed by atoms with Gasteiger partial charge in [0.05, 0.1) is 29.6 Å². The van der Waals surface area contributed by atoms with Gasteiger partial charge in [-0.2, -0.15) is 5.10 Å². The summed E-state index contributed by atoms with van der Waals surface area (Å²) in [6, 6.07) is 18.8. The average Bonchev–Trinajstić information content (AvgIpc) is 2.80. The summed E-state index contributed by atoms with van der Waals surface area (Å²) >= 11 is 0. The topological polar surface area (TPSA) is 97.2 Å². The number of carboxylic acid groups (broad SMARTS) is 1. The molecule has 0 unspecified atom stereocenters. The number of rotatable bonds is 8. The maximum Gasteiger partial charge on any atom is 0.343 e. The molecule has 0 aromatic heterocycles. The normalized spacial score (nSPS) is 11.3. The van der Waals surface area contributed by atoms with Gasteiger partial charge in [-0.1, -0.05) is 32.9 Å². The number of hydrogen-bond donors (Lipinski definition) is 2. The summed E-state index contributed by atoms with van der Waals surface area (Å²) < 4.78 is 11.3. The minimum absolute atomic E-state index is 0.00125. The fourth-order valence-corrected chi connectivity index (χ4v) is 3.09. The quantitative estimate of drug-likeness (QED) is 0.192. The van der Waals surface area contributed by atoms with Crippen molar-refractivity contribution in [3.05, 3.63) is 89.0 Å². The molecular formula is C27H28N2O5. The van der Waals surface area contributed by atoms with Gasteiger partial charge in [0.1, 0.15) is 0 Å². The third-order valence-corrected chi connectivity index (χ3v) is 5.00. The number of carbonyl (C=O) groups is 2. The predicted molar refractivity (Wildman–Crippen MR) is 132 cm³/mol. The summed E-state index contributed by atoms with van der Waals surface area (Å²) in [5.41, 5.74) is 6.01. The van der Waals surface area contributed by atoms with Crippen LogP contribution < -0.4 is 14.9 Å². The van der Waals surface area contributed by atoms with Gasteiger partial charge in [-0.3, -0.25) is 5.43 Å². The average molecular weight is 461 g/mol. The number of benzene rings is 3. The fourth-order valence-electron chi connectivity index (χ4n) is 3.09. The molecule has 176 valence electrons. The number of hydrazone groups is 1. The van der Waals surface area contributed by atoms with Gasteiger partial charge >= 0.3 is 11.9 Å². The fraction of sp³-hybridized carbons (Fsp3) is 0.222. The highest BCUT2D eigenvalue weighted by Gasteiger charge is 2.16. The van der Waals surface area contributed by atoms with Gasteiger partial charge in [0.2, 0.25) is 0 Å². The van der Waals surface area contributed by atoms with Crippen molar-refractivity contribution in [3.8, 4) is 11.5 Å². The SMILES string of the molecule is CCOc1cc(/C=N/Nc2ccc(C(=O)O)cc2)ccc1OC(=O)c1ccc(C(C)(C)C)cc1. The van der Waals surface area contributed by atoms with E-state index in [2.05, 4.69) is 31.3 Å². The van der Waals surface area contributed by atoms with Crippen molar-refractivity contribution in [3.63, 3.8) is 0 Å². The monoisotopic (exact) mass is 460 g/mol. The zero-order valence-corrected chi connectivity index (χ0v) is 19.7. The van der Waals surface area contributed by atoms with Crippen LogP contribution in [0.2, 0.25) is 0 Å². The molecular weight excluding hydrogens is 432 g/mol. The third-order valence-electron chi connectivity index (χ3n) is 5.00. The zero-order valence-electron chi connectivity index (χ0n) is 19.7. The minimum atomic E-state index is -0.985. The maximum absolute atomic E-state index is 12.7. The second-order valence-corrected chi connectivity index (χ2v) is 8.61. The van der Waals surface area contributed by atoms with Crippen molar-refractivity contribution in [1.29, 1.82) is 0 Å². The molecule has 0 fully saturated rings. The number of carbonyl (C=O) groups excluding carboxylic acids is 1. The Hall–Kier alpha value is -4.13. The van der Waals surface area contributed by atoms with Crippen LogP contribution in [0.3, 0.4) is 0 Å². The second-order valence-electron chi connectivity index (χ2n) is 8.61. The molecule has 0 heterocycles. The molecule has 2 N–H and O–H groups in total. The standard InChI is InChI=1S/C27H28N2O5/c1-5-33-24-16-18(17-28-29-22-13-9-19(10-14-22)25(30)31)6-15-23(24)34-26(32)20-7-11-21(12-8-20)27(2,3)4/h6-17,29H,5H2,1-4H3,(H,30,31)/b28-17+. The van der Waals surface area contributed by atoms with Gasteiger partial charge in [0.25, 0.3) is 0 Å². The second kappa shape index (κ2) is 10.7. The Labute approximate surface area is 199 Å². The molecule has 0 bridgehead atoms. The van der Waals surface area contributed by atoms with Crippen molar-refractivity contribution in [1.82, 2.24) is 0 Å². The molecule has 0 aliphatic heterocycles. The lowest BCUT2D eigenvalue weighted by atomic mass is 9.87. The minimum Gasteiger partial charge on any atom is -0.490 e. The van der Waals surface area contributed by atoms with E-state index in [9.17, 15) is 9.59 Å². The van der Waals surface area contributed by atoms with Gasteiger partial charge in [-0.25, -0.2) is 9.59 Å². The van der Waals surface area contributed by atoms with E-state index in [1.807, 2.05) is 19.1 Å².